The summed E-state index contributed by atoms with van der Waals surface area (Å²) < 4.78 is 0. The van der Waals surface area contributed by atoms with Crippen LogP contribution in [0.3, 0.4) is 0 Å². The SMILES string of the molecule is Cc1cc(C2(CN)CCCC2)c(O)c(O)c1C. The van der Waals surface area contributed by atoms with Crippen LogP contribution in [0.4, 0.5) is 0 Å². The van der Waals surface area contributed by atoms with Crippen molar-refractivity contribution in [1.29, 1.82) is 0 Å². The number of phenols is 2. The highest BCUT2D eigenvalue weighted by molar-refractivity contribution is 5.56. The molecule has 0 unspecified atom stereocenters. The molecule has 1 fully saturated rings. The van der Waals surface area contributed by atoms with E-state index in [0.717, 1.165) is 42.4 Å². The first-order chi connectivity index (χ1) is 8.02. The molecule has 1 aliphatic carbocycles. The lowest BCUT2D eigenvalue weighted by Gasteiger charge is -2.29. The lowest BCUT2D eigenvalue weighted by Crippen LogP contribution is -2.32. The monoisotopic (exact) mass is 235 g/mol. The van der Waals surface area contributed by atoms with Crippen molar-refractivity contribution in [2.75, 3.05) is 6.54 Å². The van der Waals surface area contributed by atoms with Crippen LogP contribution in [0.25, 0.3) is 0 Å². The maximum atomic E-state index is 10.2. The van der Waals surface area contributed by atoms with Gasteiger partial charge in [0.1, 0.15) is 0 Å². The minimum absolute atomic E-state index is 0.0136. The number of phenolic OH excluding ortho intramolecular Hbond substituents is 2. The Labute approximate surface area is 102 Å². The zero-order chi connectivity index (χ0) is 12.6. The highest BCUT2D eigenvalue weighted by atomic mass is 16.3. The first kappa shape index (κ1) is 12.2. The van der Waals surface area contributed by atoms with Gasteiger partial charge >= 0.3 is 0 Å². The Morgan fingerprint density at radius 2 is 1.76 bits per heavy atom. The molecule has 0 saturated heterocycles. The largest absolute Gasteiger partial charge is 0.504 e. The fourth-order valence-electron chi connectivity index (χ4n) is 2.92. The minimum Gasteiger partial charge on any atom is -0.504 e. The van der Waals surface area contributed by atoms with Gasteiger partial charge < -0.3 is 15.9 Å². The van der Waals surface area contributed by atoms with E-state index in [1.165, 1.54) is 0 Å². The molecule has 0 spiro atoms. The second-order valence-electron chi connectivity index (χ2n) is 5.25. The van der Waals surface area contributed by atoms with Gasteiger partial charge in [-0.2, -0.15) is 0 Å². The Morgan fingerprint density at radius 1 is 1.18 bits per heavy atom. The fraction of sp³-hybridized carbons (Fsp3) is 0.571. The van der Waals surface area contributed by atoms with Gasteiger partial charge in [-0.1, -0.05) is 18.9 Å². The van der Waals surface area contributed by atoms with E-state index in [2.05, 4.69) is 0 Å². The van der Waals surface area contributed by atoms with Crippen molar-refractivity contribution in [2.24, 2.45) is 5.73 Å². The normalized spacial score (nSPS) is 18.5. The highest BCUT2D eigenvalue weighted by Crippen LogP contribution is 2.47. The van der Waals surface area contributed by atoms with Crippen LogP contribution in [0.2, 0.25) is 0 Å². The van der Waals surface area contributed by atoms with Gasteiger partial charge in [0.15, 0.2) is 11.5 Å². The topological polar surface area (TPSA) is 66.5 Å². The molecule has 1 aliphatic rings. The predicted molar refractivity (Wildman–Crippen MR) is 68.4 cm³/mol. The number of benzene rings is 1. The molecule has 0 aromatic heterocycles. The third kappa shape index (κ3) is 1.78. The molecule has 0 heterocycles. The Bertz CT molecular complexity index is 434. The molecule has 1 saturated carbocycles. The van der Waals surface area contributed by atoms with E-state index < -0.39 is 0 Å². The van der Waals surface area contributed by atoms with Gasteiger partial charge in [0.25, 0.3) is 0 Å². The average Bonchev–Trinajstić information content (AvgIpc) is 2.81. The molecule has 0 radical (unpaired) electrons. The highest BCUT2D eigenvalue weighted by Gasteiger charge is 2.37. The van der Waals surface area contributed by atoms with Crippen LogP contribution in [-0.4, -0.2) is 16.8 Å². The quantitative estimate of drug-likeness (QED) is 0.690. The molecule has 0 atom stereocenters. The molecule has 1 aromatic rings. The van der Waals surface area contributed by atoms with Crippen molar-refractivity contribution < 1.29 is 10.2 Å². The van der Waals surface area contributed by atoms with Gasteiger partial charge in [-0.15, -0.1) is 0 Å². The number of hydrogen-bond acceptors (Lipinski definition) is 3. The second-order valence-corrected chi connectivity index (χ2v) is 5.25. The standard InChI is InChI=1S/C14H21NO2/c1-9-7-11(13(17)12(16)10(9)2)14(8-15)5-3-4-6-14/h7,16-17H,3-6,8,15H2,1-2H3. The van der Waals surface area contributed by atoms with Crippen LogP contribution in [0.5, 0.6) is 11.5 Å². The first-order valence-corrected chi connectivity index (χ1v) is 6.24. The molecule has 17 heavy (non-hydrogen) atoms. The summed E-state index contributed by atoms with van der Waals surface area (Å²) in [5.74, 6) is 0.0418. The summed E-state index contributed by atoms with van der Waals surface area (Å²) in [5, 5.41) is 20.1. The van der Waals surface area contributed by atoms with Crippen molar-refractivity contribution >= 4 is 0 Å². The zero-order valence-corrected chi connectivity index (χ0v) is 10.6. The predicted octanol–water partition coefficient (Wildman–Crippen LogP) is 2.49. The number of rotatable bonds is 2. The number of aromatic hydroxyl groups is 2. The molecule has 0 bridgehead atoms. The number of hydrogen-bond donors (Lipinski definition) is 3. The molecule has 2 rings (SSSR count). The van der Waals surface area contributed by atoms with E-state index >= 15 is 0 Å². The summed E-state index contributed by atoms with van der Waals surface area (Å²) in [6.07, 6.45) is 4.28. The van der Waals surface area contributed by atoms with E-state index in [-0.39, 0.29) is 16.9 Å². The van der Waals surface area contributed by atoms with Crippen molar-refractivity contribution in [2.45, 2.75) is 44.9 Å². The lowest BCUT2D eigenvalue weighted by molar-refractivity contribution is 0.370. The van der Waals surface area contributed by atoms with Gasteiger partial charge in [0, 0.05) is 17.5 Å². The third-order valence-electron chi connectivity index (χ3n) is 4.31. The van der Waals surface area contributed by atoms with Crippen LogP contribution in [0, 0.1) is 13.8 Å². The molecule has 1 aromatic carbocycles. The van der Waals surface area contributed by atoms with Gasteiger partial charge in [-0.3, -0.25) is 0 Å². The zero-order valence-electron chi connectivity index (χ0n) is 10.6. The first-order valence-electron chi connectivity index (χ1n) is 6.24. The Morgan fingerprint density at radius 3 is 2.29 bits per heavy atom. The van der Waals surface area contributed by atoms with E-state index in [9.17, 15) is 10.2 Å². The molecule has 0 amide bonds. The number of nitrogens with two attached hydrogens (primary N) is 1. The number of aryl methyl sites for hydroxylation is 1. The van der Waals surface area contributed by atoms with Crippen molar-refractivity contribution in [3.05, 3.63) is 22.8 Å². The summed E-state index contributed by atoms with van der Waals surface area (Å²) in [6, 6.07) is 1.99. The van der Waals surface area contributed by atoms with E-state index in [1.807, 2.05) is 19.9 Å². The second kappa shape index (κ2) is 4.22. The molecule has 3 heteroatoms. The smallest absolute Gasteiger partial charge is 0.161 e. The maximum absolute atomic E-state index is 10.2. The van der Waals surface area contributed by atoms with Crippen molar-refractivity contribution in [3.63, 3.8) is 0 Å². The van der Waals surface area contributed by atoms with Crippen molar-refractivity contribution in [3.8, 4) is 11.5 Å². The van der Waals surface area contributed by atoms with E-state index in [4.69, 9.17) is 5.73 Å². The molecule has 4 N–H and O–H groups in total. The summed E-state index contributed by atoms with van der Waals surface area (Å²) in [4.78, 5) is 0. The van der Waals surface area contributed by atoms with Crippen LogP contribution < -0.4 is 5.73 Å². The lowest BCUT2D eigenvalue weighted by atomic mass is 9.77. The molecule has 0 aliphatic heterocycles. The third-order valence-corrected chi connectivity index (χ3v) is 4.31. The van der Waals surface area contributed by atoms with Crippen LogP contribution in [-0.2, 0) is 5.41 Å². The molecule has 94 valence electrons. The maximum Gasteiger partial charge on any atom is 0.161 e. The molecular weight excluding hydrogens is 214 g/mol. The Hall–Kier alpha value is -1.22. The minimum atomic E-state index is -0.139. The summed E-state index contributed by atoms with van der Waals surface area (Å²) in [5.41, 5.74) is 8.36. The van der Waals surface area contributed by atoms with E-state index in [1.54, 1.807) is 0 Å². The average molecular weight is 235 g/mol. The van der Waals surface area contributed by atoms with Crippen LogP contribution >= 0.6 is 0 Å². The Kier molecular flexibility index (Phi) is 3.04. The Balaban J connectivity index is 2.59. The van der Waals surface area contributed by atoms with E-state index in [0.29, 0.717) is 6.54 Å². The van der Waals surface area contributed by atoms with Gasteiger partial charge in [-0.05, 0) is 37.8 Å². The summed E-state index contributed by atoms with van der Waals surface area (Å²) >= 11 is 0. The van der Waals surface area contributed by atoms with Crippen molar-refractivity contribution in [1.82, 2.24) is 0 Å². The molecular formula is C14H21NO2. The van der Waals surface area contributed by atoms with Gasteiger partial charge in [-0.25, -0.2) is 0 Å². The summed E-state index contributed by atoms with van der Waals surface area (Å²) in [7, 11) is 0. The van der Waals surface area contributed by atoms with Crippen LogP contribution in [0.1, 0.15) is 42.4 Å². The fourth-order valence-corrected chi connectivity index (χ4v) is 2.92. The van der Waals surface area contributed by atoms with Gasteiger partial charge in [0.05, 0.1) is 0 Å². The summed E-state index contributed by atoms with van der Waals surface area (Å²) in [6.45, 7) is 4.30. The van der Waals surface area contributed by atoms with Crippen LogP contribution in [0.15, 0.2) is 6.07 Å². The molecule has 3 nitrogen and oxygen atoms in total. The van der Waals surface area contributed by atoms with Gasteiger partial charge in [0.2, 0.25) is 0 Å².